The van der Waals surface area contributed by atoms with Crippen molar-refractivity contribution < 1.29 is 9.72 Å². The van der Waals surface area contributed by atoms with Crippen molar-refractivity contribution in [1.29, 1.82) is 0 Å². The second-order valence-corrected chi connectivity index (χ2v) is 6.05. The number of nitro groups is 1. The number of hydrogen-bond donors (Lipinski definition) is 1. The van der Waals surface area contributed by atoms with Crippen molar-refractivity contribution in [3.8, 4) is 0 Å². The fraction of sp³-hybridized carbons (Fsp3) is 0.500. The van der Waals surface area contributed by atoms with Crippen LogP contribution < -0.4 is 5.73 Å². The van der Waals surface area contributed by atoms with Crippen molar-refractivity contribution in [1.82, 2.24) is 4.90 Å². The molecule has 1 heterocycles. The van der Waals surface area contributed by atoms with E-state index in [9.17, 15) is 14.9 Å². The number of nitrogens with zero attached hydrogens (tertiary/aromatic N) is 2. The minimum atomic E-state index is -0.626. The van der Waals surface area contributed by atoms with E-state index < -0.39 is 4.92 Å². The zero-order chi connectivity index (χ0) is 15.7. The predicted molar refractivity (Wildman–Crippen MR) is 81.4 cm³/mol. The number of amides is 1. The summed E-state index contributed by atoms with van der Waals surface area (Å²) < 4.78 is 0. The van der Waals surface area contributed by atoms with Gasteiger partial charge in [-0.15, -0.1) is 0 Å². The number of halogens is 1. The fourth-order valence-electron chi connectivity index (χ4n) is 2.51. The number of nitrogens with two attached hydrogens (primary N) is 1. The van der Waals surface area contributed by atoms with Crippen LogP contribution >= 0.6 is 11.6 Å². The molecule has 7 heteroatoms. The first-order valence-electron chi connectivity index (χ1n) is 6.84. The Morgan fingerprint density at radius 1 is 1.43 bits per heavy atom. The number of nitrogen functional groups attached to an aromatic ring is 1. The number of piperidine rings is 1. The Balaban J connectivity index is 2.30. The lowest BCUT2D eigenvalue weighted by atomic mass is 9.88. The van der Waals surface area contributed by atoms with E-state index >= 15 is 0 Å². The van der Waals surface area contributed by atoms with Gasteiger partial charge >= 0.3 is 0 Å². The molecule has 114 valence electrons. The summed E-state index contributed by atoms with van der Waals surface area (Å²) >= 11 is 5.90. The molecule has 0 radical (unpaired) electrons. The highest BCUT2D eigenvalue weighted by Crippen LogP contribution is 2.32. The first-order chi connectivity index (χ1) is 9.81. The molecule has 0 aromatic heterocycles. The molecule has 1 fully saturated rings. The van der Waals surface area contributed by atoms with Crippen LogP contribution in [-0.4, -0.2) is 28.8 Å². The van der Waals surface area contributed by atoms with Gasteiger partial charge in [-0.3, -0.25) is 14.9 Å². The third-order valence-electron chi connectivity index (χ3n) is 4.17. The maximum atomic E-state index is 12.5. The lowest BCUT2D eigenvalue weighted by molar-refractivity contribution is -0.383. The Morgan fingerprint density at radius 2 is 2.10 bits per heavy atom. The molecular formula is C14H18ClN3O3. The summed E-state index contributed by atoms with van der Waals surface area (Å²) in [5.74, 6) is 0.735. The SMILES string of the molecule is CC1CCN(C(=O)c2cc(Cl)c(N)c([N+](=O)[O-])c2)CC1C. The van der Waals surface area contributed by atoms with Crippen molar-refractivity contribution in [3.63, 3.8) is 0 Å². The van der Waals surface area contributed by atoms with E-state index in [4.69, 9.17) is 17.3 Å². The van der Waals surface area contributed by atoms with Crippen LogP contribution in [0.3, 0.4) is 0 Å². The highest BCUT2D eigenvalue weighted by Gasteiger charge is 2.28. The molecule has 1 aliphatic rings. The van der Waals surface area contributed by atoms with E-state index in [1.165, 1.54) is 12.1 Å². The third kappa shape index (κ3) is 3.10. The van der Waals surface area contributed by atoms with Gasteiger partial charge in [0, 0.05) is 24.7 Å². The number of carbonyl (C=O) groups is 1. The Morgan fingerprint density at radius 3 is 2.67 bits per heavy atom. The molecule has 0 bridgehead atoms. The highest BCUT2D eigenvalue weighted by molar-refractivity contribution is 6.34. The van der Waals surface area contributed by atoms with Crippen LogP contribution in [-0.2, 0) is 0 Å². The molecule has 1 saturated heterocycles. The van der Waals surface area contributed by atoms with Crippen LogP contribution in [0.15, 0.2) is 12.1 Å². The Kier molecular flexibility index (Phi) is 4.37. The highest BCUT2D eigenvalue weighted by atomic mass is 35.5. The lowest BCUT2D eigenvalue weighted by Crippen LogP contribution is -2.42. The average Bonchev–Trinajstić information content (AvgIpc) is 2.43. The summed E-state index contributed by atoms with van der Waals surface area (Å²) in [6.45, 7) is 5.57. The van der Waals surface area contributed by atoms with Crippen molar-refractivity contribution in [2.24, 2.45) is 11.8 Å². The van der Waals surface area contributed by atoms with Gasteiger partial charge in [0.1, 0.15) is 5.69 Å². The molecule has 1 aromatic rings. The van der Waals surface area contributed by atoms with Crippen LogP contribution in [0.25, 0.3) is 0 Å². The molecule has 1 aliphatic heterocycles. The van der Waals surface area contributed by atoms with Gasteiger partial charge in [-0.2, -0.15) is 0 Å². The smallest absolute Gasteiger partial charge is 0.294 e. The van der Waals surface area contributed by atoms with E-state index in [-0.39, 0.29) is 27.9 Å². The van der Waals surface area contributed by atoms with Gasteiger partial charge in [-0.05, 0) is 24.3 Å². The van der Waals surface area contributed by atoms with Gasteiger partial charge in [0.25, 0.3) is 11.6 Å². The summed E-state index contributed by atoms with van der Waals surface area (Å²) in [6, 6.07) is 2.60. The maximum Gasteiger partial charge on any atom is 0.294 e. The van der Waals surface area contributed by atoms with Crippen molar-refractivity contribution in [2.75, 3.05) is 18.8 Å². The molecule has 21 heavy (non-hydrogen) atoms. The molecule has 0 aliphatic carbocycles. The molecule has 1 amide bonds. The van der Waals surface area contributed by atoms with Gasteiger partial charge in [0.05, 0.1) is 9.95 Å². The van der Waals surface area contributed by atoms with Crippen molar-refractivity contribution in [2.45, 2.75) is 20.3 Å². The van der Waals surface area contributed by atoms with Gasteiger partial charge < -0.3 is 10.6 Å². The zero-order valence-corrected chi connectivity index (χ0v) is 12.8. The predicted octanol–water partition coefficient (Wildman–Crippen LogP) is 2.95. The summed E-state index contributed by atoms with van der Waals surface area (Å²) in [7, 11) is 0. The summed E-state index contributed by atoms with van der Waals surface area (Å²) in [6.07, 6.45) is 0.928. The minimum absolute atomic E-state index is 0.0333. The van der Waals surface area contributed by atoms with Crippen LogP contribution in [0.5, 0.6) is 0 Å². The summed E-state index contributed by atoms with van der Waals surface area (Å²) in [5, 5.41) is 11.0. The van der Waals surface area contributed by atoms with Crippen LogP contribution in [0.4, 0.5) is 11.4 Å². The summed E-state index contributed by atoms with van der Waals surface area (Å²) in [5.41, 5.74) is 5.34. The molecule has 2 atom stereocenters. The normalized spacial score (nSPS) is 22.1. The van der Waals surface area contributed by atoms with E-state index in [0.717, 1.165) is 6.42 Å². The molecule has 0 saturated carbocycles. The topological polar surface area (TPSA) is 89.5 Å². The standard InChI is InChI=1S/C14H18ClN3O3/c1-8-3-4-17(7-9(8)2)14(19)10-5-11(15)13(16)12(6-10)18(20)21/h5-6,8-9H,3-4,7,16H2,1-2H3. The first kappa shape index (κ1) is 15.6. The molecule has 1 aromatic carbocycles. The van der Waals surface area contributed by atoms with E-state index in [1.807, 2.05) is 0 Å². The van der Waals surface area contributed by atoms with Crippen molar-refractivity contribution >= 4 is 28.9 Å². The Bertz CT molecular complexity index is 591. The number of hydrogen-bond acceptors (Lipinski definition) is 4. The largest absolute Gasteiger partial charge is 0.392 e. The van der Waals surface area contributed by atoms with E-state index in [0.29, 0.717) is 24.9 Å². The summed E-state index contributed by atoms with van der Waals surface area (Å²) in [4.78, 5) is 24.5. The number of nitro benzene ring substituents is 1. The molecule has 6 nitrogen and oxygen atoms in total. The molecule has 2 rings (SSSR count). The van der Waals surface area contributed by atoms with Gasteiger partial charge in [-0.1, -0.05) is 25.4 Å². The van der Waals surface area contributed by atoms with Crippen LogP contribution in [0, 0.1) is 22.0 Å². The lowest BCUT2D eigenvalue weighted by Gasteiger charge is -2.35. The van der Waals surface area contributed by atoms with E-state index in [1.54, 1.807) is 4.90 Å². The fourth-order valence-corrected chi connectivity index (χ4v) is 2.72. The maximum absolute atomic E-state index is 12.5. The van der Waals surface area contributed by atoms with Gasteiger partial charge in [0.2, 0.25) is 0 Å². The molecular weight excluding hydrogens is 294 g/mol. The monoisotopic (exact) mass is 311 g/mol. The second kappa shape index (κ2) is 5.89. The molecule has 2 N–H and O–H groups in total. The Labute approximate surface area is 128 Å². The van der Waals surface area contributed by atoms with Gasteiger partial charge in [0.15, 0.2) is 0 Å². The number of benzene rings is 1. The Hall–Kier alpha value is -1.82. The second-order valence-electron chi connectivity index (χ2n) is 5.64. The number of likely N-dealkylation sites (tertiary alicyclic amines) is 1. The number of anilines is 1. The first-order valence-corrected chi connectivity index (χ1v) is 7.21. The van der Waals surface area contributed by atoms with Crippen LogP contribution in [0.2, 0.25) is 5.02 Å². The minimum Gasteiger partial charge on any atom is -0.392 e. The quantitative estimate of drug-likeness (QED) is 0.516. The number of rotatable bonds is 2. The number of carbonyl (C=O) groups excluding carboxylic acids is 1. The van der Waals surface area contributed by atoms with E-state index in [2.05, 4.69) is 13.8 Å². The molecule has 0 spiro atoms. The van der Waals surface area contributed by atoms with Gasteiger partial charge in [-0.25, -0.2) is 0 Å². The van der Waals surface area contributed by atoms with Crippen molar-refractivity contribution in [3.05, 3.63) is 32.8 Å². The van der Waals surface area contributed by atoms with Crippen LogP contribution in [0.1, 0.15) is 30.6 Å². The molecule has 2 unspecified atom stereocenters. The zero-order valence-electron chi connectivity index (χ0n) is 12.0. The third-order valence-corrected chi connectivity index (χ3v) is 4.49. The average molecular weight is 312 g/mol.